The standard InChI is InChI=1S/C13H17F3N2OS/c1-2-7-18(10-13(14,15)16)12(19)9-20-8-11-3-5-17-6-4-11/h3-6H,2,7-10H2,1H3. The van der Waals surface area contributed by atoms with Gasteiger partial charge in [0, 0.05) is 24.7 Å². The number of carbonyl (C=O) groups is 1. The lowest BCUT2D eigenvalue weighted by Crippen LogP contribution is -2.40. The number of halogens is 3. The van der Waals surface area contributed by atoms with Crippen molar-refractivity contribution in [1.29, 1.82) is 0 Å². The highest BCUT2D eigenvalue weighted by Gasteiger charge is 2.32. The number of pyridine rings is 1. The maximum atomic E-state index is 12.4. The molecule has 0 saturated heterocycles. The number of rotatable bonds is 7. The second kappa shape index (κ2) is 8.14. The van der Waals surface area contributed by atoms with Gasteiger partial charge in [0.15, 0.2) is 0 Å². The molecule has 1 rings (SSSR count). The number of aromatic nitrogens is 1. The molecule has 20 heavy (non-hydrogen) atoms. The molecule has 112 valence electrons. The van der Waals surface area contributed by atoms with E-state index in [1.165, 1.54) is 11.8 Å². The van der Waals surface area contributed by atoms with Crippen molar-refractivity contribution in [3.05, 3.63) is 30.1 Å². The summed E-state index contributed by atoms with van der Waals surface area (Å²) in [6.07, 6.45) is -0.549. The molecule has 1 amide bonds. The molecule has 0 aromatic carbocycles. The molecule has 1 aromatic rings. The minimum absolute atomic E-state index is 0.0540. The summed E-state index contributed by atoms with van der Waals surface area (Å²) in [5.41, 5.74) is 0.996. The SMILES string of the molecule is CCCN(CC(F)(F)F)C(=O)CSCc1ccncc1. The summed E-state index contributed by atoms with van der Waals surface area (Å²) >= 11 is 1.31. The van der Waals surface area contributed by atoms with E-state index in [1.54, 1.807) is 19.3 Å². The van der Waals surface area contributed by atoms with Gasteiger partial charge in [-0.3, -0.25) is 9.78 Å². The van der Waals surface area contributed by atoms with Gasteiger partial charge in [-0.1, -0.05) is 6.92 Å². The molecule has 0 fully saturated rings. The van der Waals surface area contributed by atoms with Crippen LogP contribution in [0.15, 0.2) is 24.5 Å². The molecule has 0 saturated carbocycles. The summed E-state index contributed by atoms with van der Waals surface area (Å²) in [4.78, 5) is 16.5. The van der Waals surface area contributed by atoms with Gasteiger partial charge in [-0.05, 0) is 24.1 Å². The predicted octanol–water partition coefficient (Wildman–Crippen LogP) is 3.12. The lowest BCUT2D eigenvalue weighted by atomic mass is 10.3. The van der Waals surface area contributed by atoms with Gasteiger partial charge in [-0.2, -0.15) is 13.2 Å². The van der Waals surface area contributed by atoms with Crippen molar-refractivity contribution in [1.82, 2.24) is 9.88 Å². The zero-order valence-corrected chi connectivity index (χ0v) is 12.0. The molecule has 0 aliphatic rings. The first-order chi connectivity index (χ1) is 9.42. The Morgan fingerprint density at radius 1 is 1.35 bits per heavy atom. The summed E-state index contributed by atoms with van der Waals surface area (Å²) in [5.74, 6) is 0.168. The van der Waals surface area contributed by atoms with Crippen LogP contribution in [0.1, 0.15) is 18.9 Å². The molecular weight excluding hydrogens is 289 g/mol. The fourth-order valence-electron chi connectivity index (χ4n) is 1.60. The van der Waals surface area contributed by atoms with Crippen LogP contribution in [0.3, 0.4) is 0 Å². The Bertz CT molecular complexity index is 412. The van der Waals surface area contributed by atoms with E-state index in [4.69, 9.17) is 0 Å². The molecule has 7 heteroatoms. The first kappa shape index (κ1) is 16.8. The summed E-state index contributed by atoms with van der Waals surface area (Å²) in [5, 5.41) is 0. The van der Waals surface area contributed by atoms with Crippen molar-refractivity contribution >= 4 is 17.7 Å². The Labute approximate surface area is 120 Å². The van der Waals surface area contributed by atoms with Crippen LogP contribution in [-0.4, -0.2) is 40.8 Å². The first-order valence-corrected chi connectivity index (χ1v) is 7.39. The molecule has 0 radical (unpaired) electrons. The topological polar surface area (TPSA) is 33.2 Å². The van der Waals surface area contributed by atoms with Crippen molar-refractivity contribution in [2.24, 2.45) is 0 Å². The van der Waals surface area contributed by atoms with Crippen molar-refractivity contribution < 1.29 is 18.0 Å². The second-order valence-corrected chi connectivity index (χ2v) is 5.26. The minimum Gasteiger partial charge on any atom is -0.333 e. The average molecular weight is 306 g/mol. The summed E-state index contributed by atoms with van der Waals surface area (Å²) in [7, 11) is 0. The van der Waals surface area contributed by atoms with Crippen LogP contribution in [0.4, 0.5) is 13.2 Å². The number of hydrogen-bond acceptors (Lipinski definition) is 3. The van der Waals surface area contributed by atoms with E-state index in [0.717, 1.165) is 10.5 Å². The van der Waals surface area contributed by atoms with Crippen LogP contribution in [0, 0.1) is 0 Å². The molecular formula is C13H17F3N2OS. The van der Waals surface area contributed by atoms with Gasteiger partial charge in [0.2, 0.25) is 5.91 Å². The van der Waals surface area contributed by atoms with Crippen LogP contribution >= 0.6 is 11.8 Å². The molecule has 0 spiro atoms. The van der Waals surface area contributed by atoms with E-state index in [2.05, 4.69) is 4.98 Å². The molecule has 0 aliphatic carbocycles. The minimum atomic E-state index is -4.35. The number of nitrogens with zero attached hydrogens (tertiary/aromatic N) is 2. The van der Waals surface area contributed by atoms with Crippen LogP contribution in [0.2, 0.25) is 0 Å². The highest BCUT2D eigenvalue weighted by atomic mass is 32.2. The van der Waals surface area contributed by atoms with Crippen molar-refractivity contribution in [2.75, 3.05) is 18.8 Å². The zero-order valence-electron chi connectivity index (χ0n) is 11.2. The molecule has 1 heterocycles. The Hall–Kier alpha value is -1.24. The molecule has 1 aromatic heterocycles. The summed E-state index contributed by atoms with van der Waals surface area (Å²) < 4.78 is 37.1. The summed E-state index contributed by atoms with van der Waals surface area (Å²) in [6, 6.07) is 3.63. The van der Waals surface area contributed by atoms with Gasteiger partial charge in [0.05, 0.1) is 5.75 Å². The Balaban J connectivity index is 2.42. The van der Waals surface area contributed by atoms with E-state index in [-0.39, 0.29) is 12.3 Å². The van der Waals surface area contributed by atoms with Crippen molar-refractivity contribution in [3.63, 3.8) is 0 Å². The molecule has 0 unspecified atom stereocenters. The van der Waals surface area contributed by atoms with E-state index in [1.807, 2.05) is 12.1 Å². The van der Waals surface area contributed by atoms with E-state index >= 15 is 0 Å². The first-order valence-electron chi connectivity index (χ1n) is 6.23. The van der Waals surface area contributed by atoms with Gasteiger partial charge < -0.3 is 4.90 Å². The van der Waals surface area contributed by atoms with Crippen LogP contribution < -0.4 is 0 Å². The van der Waals surface area contributed by atoms with Crippen molar-refractivity contribution in [3.8, 4) is 0 Å². The maximum absolute atomic E-state index is 12.4. The molecule has 3 nitrogen and oxygen atoms in total. The fourth-order valence-corrected chi connectivity index (χ4v) is 2.49. The number of hydrogen-bond donors (Lipinski definition) is 0. The Morgan fingerprint density at radius 3 is 2.55 bits per heavy atom. The van der Waals surface area contributed by atoms with Gasteiger partial charge in [-0.25, -0.2) is 0 Å². The van der Waals surface area contributed by atoms with Crippen LogP contribution in [-0.2, 0) is 10.5 Å². The Morgan fingerprint density at radius 2 is 2.00 bits per heavy atom. The largest absolute Gasteiger partial charge is 0.406 e. The van der Waals surface area contributed by atoms with Crippen LogP contribution in [0.25, 0.3) is 0 Å². The second-order valence-electron chi connectivity index (χ2n) is 4.28. The zero-order chi connectivity index (χ0) is 15.0. The van der Waals surface area contributed by atoms with E-state index < -0.39 is 18.6 Å². The normalized spacial score (nSPS) is 11.4. The quantitative estimate of drug-likeness (QED) is 0.776. The van der Waals surface area contributed by atoms with E-state index in [0.29, 0.717) is 12.2 Å². The van der Waals surface area contributed by atoms with Gasteiger partial charge in [0.1, 0.15) is 6.54 Å². The molecule has 0 bridgehead atoms. The summed E-state index contributed by atoms with van der Waals surface area (Å²) in [6.45, 7) is 0.713. The third kappa shape index (κ3) is 6.79. The number of carbonyl (C=O) groups excluding carboxylic acids is 1. The third-order valence-electron chi connectivity index (χ3n) is 2.46. The van der Waals surface area contributed by atoms with Gasteiger partial charge >= 0.3 is 6.18 Å². The Kier molecular flexibility index (Phi) is 6.84. The van der Waals surface area contributed by atoms with Crippen LogP contribution in [0.5, 0.6) is 0 Å². The predicted molar refractivity (Wildman–Crippen MR) is 73.3 cm³/mol. The third-order valence-corrected chi connectivity index (χ3v) is 3.45. The lowest BCUT2D eigenvalue weighted by Gasteiger charge is -2.23. The molecule has 0 atom stereocenters. The highest BCUT2D eigenvalue weighted by Crippen LogP contribution is 2.18. The van der Waals surface area contributed by atoms with E-state index in [9.17, 15) is 18.0 Å². The number of amides is 1. The lowest BCUT2D eigenvalue weighted by molar-refractivity contribution is -0.159. The highest BCUT2D eigenvalue weighted by molar-refractivity contribution is 7.99. The smallest absolute Gasteiger partial charge is 0.333 e. The average Bonchev–Trinajstić information content (AvgIpc) is 2.38. The fraction of sp³-hybridized carbons (Fsp3) is 0.538. The molecule has 0 N–H and O–H groups in total. The monoisotopic (exact) mass is 306 g/mol. The van der Waals surface area contributed by atoms with Crippen molar-refractivity contribution in [2.45, 2.75) is 25.3 Å². The number of thioether (sulfide) groups is 1. The van der Waals surface area contributed by atoms with Gasteiger partial charge in [-0.15, -0.1) is 11.8 Å². The number of alkyl halides is 3. The molecule has 0 aliphatic heterocycles. The maximum Gasteiger partial charge on any atom is 0.406 e. The van der Waals surface area contributed by atoms with Gasteiger partial charge in [0.25, 0.3) is 0 Å².